The molecular weight excluding hydrogens is 590 g/mol. The largest absolute Gasteiger partial charge is 0.354 e. The lowest BCUT2D eigenvalue weighted by Crippen LogP contribution is -2.51. The molecule has 3 aromatic carbocycles. The van der Waals surface area contributed by atoms with Gasteiger partial charge < -0.3 is 10.2 Å². The van der Waals surface area contributed by atoms with E-state index >= 15 is 0 Å². The number of anilines is 1. The molecule has 0 saturated carbocycles. The van der Waals surface area contributed by atoms with Crippen LogP contribution in [0.2, 0.25) is 5.02 Å². The average Bonchev–Trinajstić information content (AvgIpc) is 2.89. The van der Waals surface area contributed by atoms with Gasteiger partial charge in [0.15, 0.2) is 0 Å². The molecule has 0 radical (unpaired) electrons. The zero-order valence-electron chi connectivity index (χ0n) is 21.5. The Hall–Kier alpha value is -2.88. The average molecular weight is 621 g/mol. The van der Waals surface area contributed by atoms with E-state index in [-0.39, 0.29) is 17.3 Å². The van der Waals surface area contributed by atoms with E-state index in [0.29, 0.717) is 21.7 Å². The number of hydrogen-bond acceptors (Lipinski definition) is 4. The summed E-state index contributed by atoms with van der Waals surface area (Å²) >= 11 is 9.42. The van der Waals surface area contributed by atoms with Crippen LogP contribution in [0.1, 0.15) is 31.4 Å². The summed E-state index contributed by atoms with van der Waals surface area (Å²) in [5.74, 6) is -0.834. The van der Waals surface area contributed by atoms with Gasteiger partial charge in [-0.15, -0.1) is 0 Å². The summed E-state index contributed by atoms with van der Waals surface area (Å²) in [5.41, 5.74) is 1.99. The molecule has 1 unspecified atom stereocenters. The maximum atomic E-state index is 13.8. The number of nitrogens with one attached hydrogen (secondary N) is 1. The summed E-state index contributed by atoms with van der Waals surface area (Å²) in [6.07, 6.45) is 0.745. The molecule has 38 heavy (non-hydrogen) atoms. The molecule has 0 aliphatic rings. The first-order chi connectivity index (χ1) is 18.0. The molecule has 10 heteroatoms. The van der Waals surface area contributed by atoms with Crippen molar-refractivity contribution in [1.82, 2.24) is 10.2 Å². The van der Waals surface area contributed by atoms with Gasteiger partial charge in [0.05, 0.1) is 10.6 Å². The topological polar surface area (TPSA) is 86.8 Å². The van der Waals surface area contributed by atoms with Crippen molar-refractivity contribution >= 4 is 55.1 Å². The standard InChI is InChI=1S/C28H31BrClN3O4S/c1-4-16-31-28(35)21(3)32(18-22-10-12-24(30)13-11-22)27(34)19-33(25-7-5-6-23(29)17-25)38(36,37)26-14-8-20(2)9-15-26/h5-15,17,21H,4,16,18-19H2,1-3H3,(H,31,35). The molecule has 1 atom stereocenters. The minimum absolute atomic E-state index is 0.0638. The summed E-state index contributed by atoms with van der Waals surface area (Å²) in [5, 5.41) is 3.37. The van der Waals surface area contributed by atoms with Gasteiger partial charge in [0.1, 0.15) is 12.6 Å². The van der Waals surface area contributed by atoms with Crippen LogP contribution in [0.15, 0.2) is 82.2 Å². The van der Waals surface area contributed by atoms with Crippen molar-refractivity contribution in [2.24, 2.45) is 0 Å². The normalized spacial score (nSPS) is 12.0. The second kappa shape index (κ2) is 13.3. The third-order valence-electron chi connectivity index (χ3n) is 5.97. The smallest absolute Gasteiger partial charge is 0.264 e. The van der Waals surface area contributed by atoms with E-state index in [0.717, 1.165) is 21.9 Å². The highest BCUT2D eigenvalue weighted by Crippen LogP contribution is 2.27. The van der Waals surface area contributed by atoms with Gasteiger partial charge >= 0.3 is 0 Å². The van der Waals surface area contributed by atoms with E-state index < -0.39 is 28.5 Å². The predicted octanol–water partition coefficient (Wildman–Crippen LogP) is 5.55. The lowest BCUT2D eigenvalue weighted by atomic mass is 10.1. The Morgan fingerprint density at radius 1 is 1.03 bits per heavy atom. The van der Waals surface area contributed by atoms with Crippen molar-refractivity contribution in [3.05, 3.63) is 93.4 Å². The third-order valence-corrected chi connectivity index (χ3v) is 8.50. The van der Waals surface area contributed by atoms with Gasteiger partial charge in [-0.2, -0.15) is 0 Å². The van der Waals surface area contributed by atoms with Crippen LogP contribution in [0.3, 0.4) is 0 Å². The molecule has 0 spiro atoms. The van der Waals surface area contributed by atoms with Crippen molar-refractivity contribution in [3.8, 4) is 0 Å². The number of amides is 2. The van der Waals surface area contributed by atoms with Crippen molar-refractivity contribution in [2.45, 2.75) is 44.7 Å². The molecule has 3 aromatic rings. The van der Waals surface area contributed by atoms with Gasteiger partial charge in [-0.3, -0.25) is 13.9 Å². The van der Waals surface area contributed by atoms with Crippen LogP contribution in [-0.2, 0) is 26.2 Å². The van der Waals surface area contributed by atoms with Crippen LogP contribution in [-0.4, -0.2) is 44.3 Å². The van der Waals surface area contributed by atoms with E-state index in [1.807, 2.05) is 13.8 Å². The number of halogens is 2. The molecular formula is C28H31BrClN3O4S. The van der Waals surface area contributed by atoms with Crippen LogP contribution in [0.5, 0.6) is 0 Å². The Morgan fingerprint density at radius 2 is 1.68 bits per heavy atom. The SMILES string of the molecule is CCCNC(=O)C(C)N(Cc1ccc(Cl)cc1)C(=O)CN(c1cccc(Br)c1)S(=O)(=O)c1ccc(C)cc1. The molecule has 0 fully saturated rings. The van der Waals surface area contributed by atoms with E-state index in [1.165, 1.54) is 17.0 Å². The summed E-state index contributed by atoms with van der Waals surface area (Å²) in [7, 11) is -4.11. The molecule has 0 aromatic heterocycles. The quantitative estimate of drug-likeness (QED) is 0.305. The van der Waals surface area contributed by atoms with E-state index in [9.17, 15) is 18.0 Å². The maximum Gasteiger partial charge on any atom is 0.264 e. The van der Waals surface area contributed by atoms with E-state index in [1.54, 1.807) is 67.6 Å². The van der Waals surface area contributed by atoms with Gasteiger partial charge in [0.25, 0.3) is 10.0 Å². The highest BCUT2D eigenvalue weighted by atomic mass is 79.9. The second-order valence-electron chi connectivity index (χ2n) is 8.92. The summed E-state index contributed by atoms with van der Waals surface area (Å²) in [6.45, 7) is 5.52. The number of nitrogens with zero attached hydrogens (tertiary/aromatic N) is 2. The van der Waals surface area contributed by atoms with Crippen LogP contribution in [0.4, 0.5) is 5.69 Å². The second-order valence-corrected chi connectivity index (χ2v) is 12.1. The summed E-state index contributed by atoms with van der Waals surface area (Å²) < 4.78 is 29.3. The summed E-state index contributed by atoms with van der Waals surface area (Å²) in [6, 6.07) is 19.3. The molecule has 3 rings (SSSR count). The highest BCUT2D eigenvalue weighted by Gasteiger charge is 2.32. The van der Waals surface area contributed by atoms with Crippen LogP contribution >= 0.6 is 27.5 Å². The number of sulfonamides is 1. The Balaban J connectivity index is 2.01. The zero-order valence-corrected chi connectivity index (χ0v) is 24.7. The fourth-order valence-electron chi connectivity index (χ4n) is 3.76. The molecule has 0 saturated heterocycles. The summed E-state index contributed by atoms with van der Waals surface area (Å²) in [4.78, 5) is 28.2. The number of benzene rings is 3. The Kier molecular flexibility index (Phi) is 10.4. The lowest BCUT2D eigenvalue weighted by molar-refractivity contribution is -0.139. The first kappa shape index (κ1) is 29.7. The molecule has 7 nitrogen and oxygen atoms in total. The first-order valence-corrected chi connectivity index (χ1v) is 14.8. The fraction of sp³-hybridized carbons (Fsp3) is 0.286. The van der Waals surface area contributed by atoms with Crippen LogP contribution in [0.25, 0.3) is 0 Å². The molecule has 0 bridgehead atoms. The van der Waals surface area contributed by atoms with Crippen molar-refractivity contribution in [3.63, 3.8) is 0 Å². The highest BCUT2D eigenvalue weighted by molar-refractivity contribution is 9.10. The molecule has 202 valence electrons. The Morgan fingerprint density at radius 3 is 2.29 bits per heavy atom. The van der Waals surface area contributed by atoms with Crippen molar-refractivity contribution < 1.29 is 18.0 Å². The van der Waals surface area contributed by atoms with E-state index in [4.69, 9.17) is 11.6 Å². The van der Waals surface area contributed by atoms with Gasteiger partial charge in [0.2, 0.25) is 11.8 Å². The Bertz CT molecular complexity index is 1370. The molecule has 0 aliphatic heterocycles. The third kappa shape index (κ3) is 7.58. The molecule has 0 heterocycles. The van der Waals surface area contributed by atoms with Gasteiger partial charge in [-0.05, 0) is 68.3 Å². The van der Waals surface area contributed by atoms with Gasteiger partial charge in [-0.25, -0.2) is 8.42 Å². The fourth-order valence-corrected chi connectivity index (χ4v) is 5.68. The van der Waals surface area contributed by atoms with E-state index in [2.05, 4.69) is 21.2 Å². The first-order valence-electron chi connectivity index (χ1n) is 12.2. The number of rotatable bonds is 11. The molecule has 1 N–H and O–H groups in total. The van der Waals surface area contributed by atoms with Crippen LogP contribution in [0, 0.1) is 6.92 Å². The van der Waals surface area contributed by atoms with Gasteiger partial charge in [0, 0.05) is 22.6 Å². The lowest BCUT2D eigenvalue weighted by Gasteiger charge is -2.32. The van der Waals surface area contributed by atoms with Crippen LogP contribution < -0.4 is 9.62 Å². The molecule has 2 amide bonds. The minimum atomic E-state index is -4.11. The number of carbonyl (C=O) groups excluding carboxylic acids is 2. The Labute approximate surface area is 238 Å². The zero-order chi connectivity index (χ0) is 27.9. The van der Waals surface area contributed by atoms with Crippen molar-refractivity contribution in [2.75, 3.05) is 17.4 Å². The number of aryl methyl sites for hydroxylation is 1. The maximum absolute atomic E-state index is 13.8. The van der Waals surface area contributed by atoms with Gasteiger partial charge in [-0.1, -0.05) is 70.3 Å². The predicted molar refractivity (Wildman–Crippen MR) is 155 cm³/mol. The van der Waals surface area contributed by atoms with Crippen molar-refractivity contribution in [1.29, 1.82) is 0 Å². The number of hydrogen-bond donors (Lipinski definition) is 1. The minimum Gasteiger partial charge on any atom is -0.354 e. The molecule has 0 aliphatic carbocycles. The number of carbonyl (C=O) groups is 2. The monoisotopic (exact) mass is 619 g/mol.